The first kappa shape index (κ1) is 13.3. The Hall–Kier alpha value is 0.840. The van der Waals surface area contributed by atoms with E-state index in [1.165, 1.54) is 10.4 Å². The van der Waals surface area contributed by atoms with E-state index < -0.39 is 0 Å². The molecule has 1 unspecified atom stereocenters. The highest BCUT2D eigenvalue weighted by Crippen LogP contribution is 2.41. The Labute approximate surface area is 132 Å². The van der Waals surface area contributed by atoms with Crippen molar-refractivity contribution in [3.63, 3.8) is 0 Å². The fourth-order valence-corrected chi connectivity index (χ4v) is 5.79. The molecule has 0 nitrogen and oxygen atoms in total. The van der Waals surface area contributed by atoms with Crippen LogP contribution in [-0.4, -0.2) is 0 Å². The van der Waals surface area contributed by atoms with E-state index in [2.05, 4.69) is 93.4 Å². The summed E-state index contributed by atoms with van der Waals surface area (Å²) in [4.78, 5) is 1.49. The summed E-state index contributed by atoms with van der Waals surface area (Å²) in [5.41, 5.74) is 1.23. The minimum atomic E-state index is 0.212. The van der Waals surface area contributed by atoms with Gasteiger partial charge >= 0.3 is 0 Å². The molecule has 5 heteroatoms. The molecule has 0 N–H and O–H groups in total. The van der Waals surface area contributed by atoms with Gasteiger partial charge in [0.15, 0.2) is 0 Å². The Bertz CT molecular complexity index is 506. The standard InChI is InChI=1S/C11H6Br4S/c12-6-1-2-7(9(14)5-6)10(15)11-8(13)3-4-16-11/h1-5,10H. The van der Waals surface area contributed by atoms with Gasteiger partial charge in [-0.05, 0) is 45.1 Å². The van der Waals surface area contributed by atoms with Gasteiger partial charge in [0.05, 0.1) is 4.83 Å². The Kier molecular flexibility index (Phi) is 4.69. The van der Waals surface area contributed by atoms with Crippen LogP contribution in [0.2, 0.25) is 0 Å². The third-order valence-electron chi connectivity index (χ3n) is 2.11. The zero-order valence-electron chi connectivity index (χ0n) is 7.88. The highest BCUT2D eigenvalue weighted by Gasteiger charge is 2.17. The van der Waals surface area contributed by atoms with Gasteiger partial charge in [0.2, 0.25) is 0 Å². The molecule has 0 aliphatic carbocycles. The molecular formula is C11H6Br4S. The van der Waals surface area contributed by atoms with Gasteiger partial charge in [-0.25, -0.2) is 0 Å². The van der Waals surface area contributed by atoms with E-state index in [4.69, 9.17) is 0 Å². The van der Waals surface area contributed by atoms with Crippen LogP contribution >= 0.6 is 75.1 Å². The zero-order chi connectivity index (χ0) is 11.7. The third kappa shape index (κ3) is 2.80. The summed E-state index contributed by atoms with van der Waals surface area (Å²) in [5.74, 6) is 0. The molecule has 0 saturated heterocycles. The van der Waals surface area contributed by atoms with Crippen LogP contribution in [0.3, 0.4) is 0 Å². The summed E-state index contributed by atoms with van der Waals surface area (Å²) < 4.78 is 3.33. The molecule has 1 aromatic heterocycles. The summed E-state index contributed by atoms with van der Waals surface area (Å²) in [6.45, 7) is 0. The molecule has 2 rings (SSSR count). The average molecular weight is 490 g/mol. The van der Waals surface area contributed by atoms with E-state index in [1.807, 2.05) is 0 Å². The molecule has 0 saturated carbocycles. The minimum Gasteiger partial charge on any atom is -0.146 e. The maximum atomic E-state index is 3.73. The van der Waals surface area contributed by atoms with E-state index in [0.29, 0.717) is 0 Å². The molecule has 1 aromatic carbocycles. The number of thiophene rings is 1. The smallest absolute Gasteiger partial charge is 0.0760 e. The molecule has 1 heterocycles. The van der Waals surface area contributed by atoms with E-state index in [0.717, 1.165) is 13.4 Å². The Morgan fingerprint density at radius 1 is 1.00 bits per heavy atom. The van der Waals surface area contributed by atoms with Crippen LogP contribution < -0.4 is 0 Å². The Morgan fingerprint density at radius 2 is 1.75 bits per heavy atom. The second-order valence-corrected chi connectivity index (χ2v) is 7.65. The molecule has 16 heavy (non-hydrogen) atoms. The van der Waals surface area contributed by atoms with Crippen molar-refractivity contribution >= 4 is 75.1 Å². The van der Waals surface area contributed by atoms with Gasteiger partial charge in [0, 0.05) is 18.3 Å². The lowest BCUT2D eigenvalue weighted by molar-refractivity contribution is 1.19. The van der Waals surface area contributed by atoms with Gasteiger partial charge in [0.25, 0.3) is 0 Å². The van der Waals surface area contributed by atoms with Gasteiger partial charge in [-0.15, -0.1) is 11.3 Å². The van der Waals surface area contributed by atoms with Gasteiger partial charge in [-0.3, -0.25) is 0 Å². The topological polar surface area (TPSA) is 0 Å². The maximum Gasteiger partial charge on any atom is 0.0760 e. The lowest BCUT2D eigenvalue weighted by Crippen LogP contribution is -1.91. The van der Waals surface area contributed by atoms with E-state index in [-0.39, 0.29) is 4.83 Å². The predicted molar refractivity (Wildman–Crippen MR) is 84.6 cm³/mol. The fraction of sp³-hybridized carbons (Fsp3) is 0.0909. The van der Waals surface area contributed by atoms with Crippen LogP contribution in [0, 0.1) is 0 Å². The Balaban J connectivity index is 2.41. The summed E-state index contributed by atoms with van der Waals surface area (Å²) in [6.07, 6.45) is 0. The molecular weight excluding hydrogens is 484 g/mol. The highest BCUT2D eigenvalue weighted by molar-refractivity contribution is 9.11. The molecule has 0 amide bonds. The van der Waals surface area contributed by atoms with E-state index in [9.17, 15) is 0 Å². The highest BCUT2D eigenvalue weighted by atomic mass is 79.9. The number of alkyl halides is 1. The van der Waals surface area contributed by atoms with Crippen LogP contribution in [0.5, 0.6) is 0 Å². The van der Waals surface area contributed by atoms with Crippen LogP contribution in [0.25, 0.3) is 0 Å². The molecule has 0 fully saturated rings. The van der Waals surface area contributed by atoms with Crippen LogP contribution in [0.1, 0.15) is 15.3 Å². The van der Waals surface area contributed by atoms with E-state index in [1.54, 1.807) is 11.3 Å². The second-order valence-electron chi connectivity index (χ2n) is 3.16. The molecule has 84 valence electrons. The largest absolute Gasteiger partial charge is 0.146 e. The number of hydrogen-bond donors (Lipinski definition) is 0. The van der Waals surface area contributed by atoms with Crippen molar-refractivity contribution in [2.75, 3.05) is 0 Å². The quantitative estimate of drug-likeness (QED) is 0.421. The van der Waals surface area contributed by atoms with Gasteiger partial charge < -0.3 is 0 Å². The van der Waals surface area contributed by atoms with Crippen molar-refractivity contribution in [1.82, 2.24) is 0 Å². The van der Waals surface area contributed by atoms with Gasteiger partial charge in [0.1, 0.15) is 0 Å². The Morgan fingerprint density at radius 3 is 2.31 bits per heavy atom. The normalized spacial score (nSPS) is 12.8. The molecule has 0 spiro atoms. The molecule has 1 atom stereocenters. The lowest BCUT2D eigenvalue weighted by Gasteiger charge is -2.11. The molecule has 0 aliphatic heterocycles. The molecule has 0 aliphatic rings. The van der Waals surface area contributed by atoms with Gasteiger partial charge in [-0.1, -0.05) is 53.9 Å². The molecule has 0 bridgehead atoms. The first-order valence-electron chi connectivity index (χ1n) is 4.41. The number of rotatable bonds is 2. The zero-order valence-corrected chi connectivity index (χ0v) is 15.0. The van der Waals surface area contributed by atoms with Crippen molar-refractivity contribution in [2.24, 2.45) is 0 Å². The summed E-state index contributed by atoms with van der Waals surface area (Å²) in [6, 6.07) is 8.29. The third-order valence-corrected chi connectivity index (χ3v) is 6.48. The second kappa shape index (κ2) is 5.65. The fourth-order valence-electron chi connectivity index (χ4n) is 1.33. The maximum absolute atomic E-state index is 3.73. The SMILES string of the molecule is Brc1ccc(C(Br)c2sccc2Br)c(Br)c1. The van der Waals surface area contributed by atoms with Crippen LogP contribution in [0.4, 0.5) is 0 Å². The minimum absolute atomic E-state index is 0.212. The van der Waals surface area contributed by atoms with Crippen molar-refractivity contribution in [1.29, 1.82) is 0 Å². The molecule has 2 aromatic rings. The van der Waals surface area contributed by atoms with Crippen molar-refractivity contribution in [3.05, 3.63) is 53.5 Å². The van der Waals surface area contributed by atoms with Crippen LogP contribution in [-0.2, 0) is 0 Å². The number of halogens is 4. The first-order chi connectivity index (χ1) is 7.59. The monoisotopic (exact) mass is 486 g/mol. The van der Waals surface area contributed by atoms with Crippen molar-refractivity contribution < 1.29 is 0 Å². The number of hydrogen-bond acceptors (Lipinski definition) is 1. The number of benzene rings is 1. The average Bonchev–Trinajstić information content (AvgIpc) is 2.63. The van der Waals surface area contributed by atoms with Crippen molar-refractivity contribution in [2.45, 2.75) is 4.83 Å². The predicted octanol–water partition coefficient (Wildman–Crippen LogP) is 6.52. The van der Waals surface area contributed by atoms with Crippen LogP contribution in [0.15, 0.2) is 43.1 Å². The summed E-state index contributed by atoms with van der Waals surface area (Å²) in [5, 5.41) is 2.08. The van der Waals surface area contributed by atoms with Gasteiger partial charge in [-0.2, -0.15) is 0 Å². The summed E-state index contributed by atoms with van der Waals surface area (Å²) >= 11 is 16.1. The molecule has 0 radical (unpaired) electrons. The first-order valence-corrected chi connectivity index (χ1v) is 8.59. The van der Waals surface area contributed by atoms with E-state index >= 15 is 0 Å². The van der Waals surface area contributed by atoms with Crippen molar-refractivity contribution in [3.8, 4) is 0 Å². The summed E-state index contributed by atoms with van der Waals surface area (Å²) in [7, 11) is 0. The lowest BCUT2D eigenvalue weighted by atomic mass is 10.1.